The zero-order chi connectivity index (χ0) is 15.1. The van der Waals surface area contributed by atoms with Crippen LogP contribution < -0.4 is 5.32 Å². The minimum absolute atomic E-state index is 0.132. The molecule has 116 valence electrons. The maximum absolute atomic E-state index is 12.0. The van der Waals surface area contributed by atoms with Crippen LogP contribution in [0.5, 0.6) is 0 Å². The average Bonchev–Trinajstić information content (AvgIpc) is 2.44. The molecule has 1 heterocycles. The topological polar surface area (TPSA) is 69.6 Å². The second-order valence-corrected chi connectivity index (χ2v) is 5.89. The smallest absolute Gasteiger partial charge is 0.307 e. The summed E-state index contributed by atoms with van der Waals surface area (Å²) in [6, 6.07) is 0.198. The van der Waals surface area contributed by atoms with Crippen molar-refractivity contribution in [1.82, 2.24) is 10.2 Å². The van der Waals surface area contributed by atoms with E-state index in [4.69, 9.17) is 5.11 Å². The van der Waals surface area contributed by atoms with Crippen LogP contribution >= 0.6 is 0 Å². The molecular formula is C15H28N2O3. The summed E-state index contributed by atoms with van der Waals surface area (Å²) in [7, 11) is 0. The lowest BCUT2D eigenvalue weighted by molar-refractivity contribution is -0.146. The van der Waals surface area contributed by atoms with Gasteiger partial charge >= 0.3 is 5.97 Å². The molecule has 2 unspecified atom stereocenters. The van der Waals surface area contributed by atoms with Gasteiger partial charge in [0.1, 0.15) is 0 Å². The molecule has 5 nitrogen and oxygen atoms in total. The van der Waals surface area contributed by atoms with Gasteiger partial charge in [0.2, 0.25) is 5.91 Å². The molecule has 1 rings (SSSR count). The van der Waals surface area contributed by atoms with Gasteiger partial charge in [-0.25, -0.2) is 0 Å². The third-order valence-electron chi connectivity index (χ3n) is 4.31. The molecule has 0 bridgehead atoms. The van der Waals surface area contributed by atoms with E-state index in [-0.39, 0.29) is 11.9 Å². The predicted octanol–water partition coefficient (Wildman–Crippen LogP) is 1.72. The first-order chi connectivity index (χ1) is 9.45. The maximum atomic E-state index is 12.0. The Morgan fingerprint density at radius 1 is 1.25 bits per heavy atom. The van der Waals surface area contributed by atoms with E-state index in [9.17, 15) is 9.59 Å². The lowest BCUT2D eigenvalue weighted by atomic mass is 9.94. The van der Waals surface area contributed by atoms with Crippen LogP contribution in [0.25, 0.3) is 0 Å². The van der Waals surface area contributed by atoms with Gasteiger partial charge in [0, 0.05) is 25.0 Å². The third kappa shape index (κ3) is 5.12. The Kier molecular flexibility index (Phi) is 6.99. The Morgan fingerprint density at radius 2 is 1.85 bits per heavy atom. The maximum Gasteiger partial charge on any atom is 0.307 e. The number of amides is 1. The van der Waals surface area contributed by atoms with Gasteiger partial charge in [-0.2, -0.15) is 0 Å². The number of carboxylic acid groups (broad SMARTS) is 1. The molecule has 5 heteroatoms. The van der Waals surface area contributed by atoms with Gasteiger partial charge < -0.3 is 15.3 Å². The van der Waals surface area contributed by atoms with Crippen molar-refractivity contribution in [3.8, 4) is 0 Å². The summed E-state index contributed by atoms with van der Waals surface area (Å²) < 4.78 is 0. The van der Waals surface area contributed by atoms with Gasteiger partial charge in [0.15, 0.2) is 0 Å². The number of carbonyl (C=O) groups is 2. The Morgan fingerprint density at radius 3 is 2.35 bits per heavy atom. The van der Waals surface area contributed by atoms with Crippen molar-refractivity contribution in [1.29, 1.82) is 0 Å². The number of aliphatic carboxylic acids is 1. The van der Waals surface area contributed by atoms with Crippen molar-refractivity contribution in [2.45, 2.75) is 52.5 Å². The highest BCUT2D eigenvalue weighted by Crippen LogP contribution is 2.15. The zero-order valence-corrected chi connectivity index (χ0v) is 12.9. The number of carboxylic acids is 1. The van der Waals surface area contributed by atoms with Crippen LogP contribution in [0.4, 0.5) is 0 Å². The molecule has 0 spiro atoms. The quantitative estimate of drug-likeness (QED) is 0.747. The number of nitrogens with zero attached hydrogens (tertiary/aromatic N) is 1. The normalized spacial score (nSPS) is 20.4. The van der Waals surface area contributed by atoms with E-state index in [1.54, 1.807) is 13.8 Å². The fraction of sp³-hybridized carbons (Fsp3) is 0.867. The van der Waals surface area contributed by atoms with Crippen molar-refractivity contribution in [2.24, 2.45) is 11.8 Å². The minimum atomic E-state index is -0.915. The molecule has 1 aliphatic rings. The van der Waals surface area contributed by atoms with Crippen molar-refractivity contribution < 1.29 is 14.7 Å². The highest BCUT2D eigenvalue weighted by molar-refractivity contribution is 5.84. The molecule has 20 heavy (non-hydrogen) atoms. The summed E-state index contributed by atoms with van der Waals surface area (Å²) in [6.45, 7) is 8.65. The summed E-state index contributed by atoms with van der Waals surface area (Å²) in [6.07, 6.45) is 4.36. The zero-order valence-electron chi connectivity index (χ0n) is 12.9. The molecule has 1 fully saturated rings. The van der Waals surface area contributed by atoms with Crippen molar-refractivity contribution in [3.63, 3.8) is 0 Å². The lowest BCUT2D eigenvalue weighted by Crippen LogP contribution is -2.47. The summed E-state index contributed by atoms with van der Waals surface area (Å²) in [5.41, 5.74) is 0. The number of rotatable bonds is 7. The van der Waals surface area contributed by atoms with E-state index in [1.807, 2.05) is 0 Å². The molecule has 0 saturated carbocycles. The van der Waals surface area contributed by atoms with Crippen molar-refractivity contribution >= 4 is 11.9 Å². The molecule has 0 aromatic heterocycles. The highest BCUT2D eigenvalue weighted by atomic mass is 16.4. The van der Waals surface area contributed by atoms with Crippen molar-refractivity contribution in [2.75, 3.05) is 19.6 Å². The predicted molar refractivity (Wildman–Crippen MR) is 78.5 cm³/mol. The van der Waals surface area contributed by atoms with E-state index in [0.717, 1.165) is 32.5 Å². The van der Waals surface area contributed by atoms with Crippen LogP contribution in [0.15, 0.2) is 0 Å². The molecule has 1 saturated heterocycles. The molecule has 0 aromatic rings. The molecule has 1 amide bonds. The van der Waals surface area contributed by atoms with Gasteiger partial charge in [-0.15, -0.1) is 0 Å². The summed E-state index contributed by atoms with van der Waals surface area (Å²) in [5, 5.41) is 11.9. The fourth-order valence-electron chi connectivity index (χ4n) is 2.46. The monoisotopic (exact) mass is 284 g/mol. The largest absolute Gasteiger partial charge is 0.481 e. The number of hydrogen-bond acceptors (Lipinski definition) is 3. The first-order valence-electron chi connectivity index (χ1n) is 7.71. The van der Waals surface area contributed by atoms with E-state index in [1.165, 1.54) is 12.8 Å². The van der Waals surface area contributed by atoms with Crippen LogP contribution in [0.3, 0.4) is 0 Å². The van der Waals surface area contributed by atoms with Crippen molar-refractivity contribution in [3.05, 3.63) is 0 Å². The van der Waals surface area contributed by atoms with Gasteiger partial charge in [-0.1, -0.05) is 27.2 Å². The average molecular weight is 284 g/mol. The summed E-state index contributed by atoms with van der Waals surface area (Å²) in [5.74, 6) is -2.17. The first kappa shape index (κ1) is 17.0. The van der Waals surface area contributed by atoms with Gasteiger partial charge in [0.25, 0.3) is 0 Å². The number of hydrogen-bond donors (Lipinski definition) is 2. The molecular weight excluding hydrogens is 256 g/mol. The van der Waals surface area contributed by atoms with Crippen LogP contribution in [0, 0.1) is 11.8 Å². The number of likely N-dealkylation sites (tertiary alicyclic amines) is 1. The van der Waals surface area contributed by atoms with Crippen LogP contribution in [-0.2, 0) is 9.59 Å². The second-order valence-electron chi connectivity index (χ2n) is 5.89. The van der Waals surface area contributed by atoms with E-state index in [2.05, 4.69) is 17.1 Å². The van der Waals surface area contributed by atoms with Crippen LogP contribution in [-0.4, -0.2) is 47.6 Å². The Hall–Kier alpha value is -1.10. The molecule has 1 aliphatic heterocycles. The lowest BCUT2D eigenvalue weighted by Gasteiger charge is -2.33. The number of carbonyl (C=O) groups excluding carboxylic acids is 1. The standard InChI is InChI=1S/C15H28N2O3/c1-4-5-8-17-9-6-13(7-10-17)16-14(18)11(2)12(3)15(19)20/h11-13H,4-10H2,1-3H3,(H,16,18)(H,19,20). The molecule has 0 aliphatic carbocycles. The SMILES string of the molecule is CCCCN1CCC(NC(=O)C(C)C(C)C(=O)O)CC1. The van der Waals surface area contributed by atoms with Gasteiger partial charge in [-0.05, 0) is 25.8 Å². The van der Waals surface area contributed by atoms with E-state index >= 15 is 0 Å². The van der Waals surface area contributed by atoms with Crippen LogP contribution in [0.2, 0.25) is 0 Å². The van der Waals surface area contributed by atoms with Crippen LogP contribution in [0.1, 0.15) is 46.5 Å². The number of piperidine rings is 1. The molecule has 2 atom stereocenters. The molecule has 2 N–H and O–H groups in total. The number of nitrogens with one attached hydrogen (secondary N) is 1. The first-order valence-corrected chi connectivity index (χ1v) is 7.71. The van der Waals surface area contributed by atoms with E-state index < -0.39 is 17.8 Å². The Labute approximate surface area is 121 Å². The third-order valence-corrected chi connectivity index (χ3v) is 4.31. The fourth-order valence-corrected chi connectivity index (χ4v) is 2.46. The van der Waals surface area contributed by atoms with Gasteiger partial charge in [-0.3, -0.25) is 9.59 Å². The Bertz CT molecular complexity index is 325. The highest BCUT2D eigenvalue weighted by Gasteiger charge is 2.28. The Balaban J connectivity index is 2.32. The second kappa shape index (κ2) is 8.25. The summed E-state index contributed by atoms with van der Waals surface area (Å²) in [4.78, 5) is 25.4. The minimum Gasteiger partial charge on any atom is -0.481 e. The van der Waals surface area contributed by atoms with Gasteiger partial charge in [0.05, 0.1) is 5.92 Å². The molecule has 0 radical (unpaired) electrons. The van der Waals surface area contributed by atoms with E-state index in [0.29, 0.717) is 0 Å². The number of unbranched alkanes of at least 4 members (excludes halogenated alkanes) is 1. The molecule has 0 aromatic carbocycles. The summed E-state index contributed by atoms with van der Waals surface area (Å²) >= 11 is 0.